The van der Waals surface area contributed by atoms with Crippen LogP contribution in [0.4, 0.5) is 0 Å². The van der Waals surface area contributed by atoms with E-state index >= 15 is 0 Å². The Morgan fingerprint density at radius 1 is 1.41 bits per heavy atom. The largest absolute Gasteiger partial charge is 0.392 e. The molecule has 1 fully saturated rings. The Bertz CT molecular complexity index is 394. The lowest BCUT2D eigenvalue weighted by molar-refractivity contribution is 0.0288. The predicted molar refractivity (Wildman–Crippen MR) is 76.2 cm³/mol. The van der Waals surface area contributed by atoms with Gasteiger partial charge in [0.05, 0.1) is 6.10 Å². The quantitative estimate of drug-likeness (QED) is 0.529. The van der Waals surface area contributed by atoms with Gasteiger partial charge in [-0.3, -0.25) is 0 Å². The summed E-state index contributed by atoms with van der Waals surface area (Å²) >= 11 is 3.68. The van der Waals surface area contributed by atoms with Crippen molar-refractivity contribution in [1.82, 2.24) is 0 Å². The standard InChI is InChI=1S/C15H21BrO/c1-10-5-7-15(8-6-10)11(2)9-12(17)13(16)14(15,3)4/h5,7,12-13,17H,1-2,6,8-9H2,3-4H3. The first kappa shape index (κ1) is 13.1. The number of aliphatic hydroxyl groups is 1. The van der Waals surface area contributed by atoms with E-state index in [9.17, 15) is 5.11 Å². The number of halogens is 1. The Morgan fingerprint density at radius 3 is 2.59 bits per heavy atom. The van der Waals surface area contributed by atoms with E-state index in [1.54, 1.807) is 0 Å². The van der Waals surface area contributed by atoms with Crippen molar-refractivity contribution in [2.75, 3.05) is 0 Å². The second-order valence-corrected chi connectivity index (χ2v) is 6.95. The Morgan fingerprint density at radius 2 is 2.06 bits per heavy atom. The lowest BCUT2D eigenvalue weighted by atomic mass is 9.52. The highest BCUT2D eigenvalue weighted by Crippen LogP contribution is 2.59. The van der Waals surface area contributed by atoms with Crippen LogP contribution < -0.4 is 0 Å². The summed E-state index contributed by atoms with van der Waals surface area (Å²) in [6, 6.07) is 0. The maximum Gasteiger partial charge on any atom is 0.0708 e. The lowest BCUT2D eigenvalue weighted by Gasteiger charge is -2.55. The summed E-state index contributed by atoms with van der Waals surface area (Å²) in [5.41, 5.74) is 2.33. The molecule has 0 radical (unpaired) electrons. The molecule has 0 bridgehead atoms. The average Bonchev–Trinajstić information content (AvgIpc) is 2.27. The van der Waals surface area contributed by atoms with Crippen LogP contribution in [0.5, 0.6) is 0 Å². The fraction of sp³-hybridized carbons (Fsp3) is 0.600. The molecule has 2 aliphatic carbocycles. The van der Waals surface area contributed by atoms with E-state index in [1.807, 2.05) is 0 Å². The van der Waals surface area contributed by atoms with Crippen LogP contribution in [0.3, 0.4) is 0 Å². The molecule has 2 rings (SSSR count). The topological polar surface area (TPSA) is 20.2 Å². The van der Waals surface area contributed by atoms with Gasteiger partial charge in [0.1, 0.15) is 0 Å². The number of alkyl halides is 1. The van der Waals surface area contributed by atoms with E-state index in [1.165, 1.54) is 5.57 Å². The van der Waals surface area contributed by atoms with Crippen LogP contribution in [0.1, 0.15) is 33.1 Å². The Labute approximate surface area is 112 Å². The molecule has 1 nitrogen and oxygen atoms in total. The summed E-state index contributed by atoms with van der Waals surface area (Å²) in [6.07, 6.45) is 6.84. The molecule has 94 valence electrons. The van der Waals surface area contributed by atoms with Crippen molar-refractivity contribution in [1.29, 1.82) is 0 Å². The molecule has 1 N–H and O–H groups in total. The van der Waals surface area contributed by atoms with Crippen LogP contribution in [-0.2, 0) is 0 Å². The minimum absolute atomic E-state index is 0.00157. The van der Waals surface area contributed by atoms with Crippen molar-refractivity contribution in [3.8, 4) is 0 Å². The normalized spacial score (nSPS) is 40.9. The molecule has 3 atom stereocenters. The highest BCUT2D eigenvalue weighted by molar-refractivity contribution is 9.09. The van der Waals surface area contributed by atoms with Gasteiger partial charge < -0.3 is 5.11 Å². The zero-order valence-electron chi connectivity index (χ0n) is 10.7. The summed E-state index contributed by atoms with van der Waals surface area (Å²) in [4.78, 5) is 0.108. The molecule has 2 aliphatic rings. The summed E-state index contributed by atoms with van der Waals surface area (Å²) in [5.74, 6) is 0. The number of allylic oxidation sites excluding steroid dienone is 3. The molecule has 17 heavy (non-hydrogen) atoms. The minimum Gasteiger partial charge on any atom is -0.392 e. The van der Waals surface area contributed by atoms with Crippen LogP contribution in [0.15, 0.2) is 36.5 Å². The summed E-state index contributed by atoms with van der Waals surface area (Å²) < 4.78 is 0. The third kappa shape index (κ3) is 1.77. The van der Waals surface area contributed by atoms with E-state index in [-0.39, 0.29) is 21.8 Å². The number of rotatable bonds is 0. The van der Waals surface area contributed by atoms with Crippen molar-refractivity contribution < 1.29 is 5.11 Å². The van der Waals surface area contributed by atoms with Crippen LogP contribution >= 0.6 is 15.9 Å². The fourth-order valence-electron chi connectivity index (χ4n) is 3.34. The van der Waals surface area contributed by atoms with Gasteiger partial charge in [-0.2, -0.15) is 0 Å². The van der Waals surface area contributed by atoms with Gasteiger partial charge in [0.15, 0.2) is 0 Å². The summed E-state index contributed by atoms with van der Waals surface area (Å²) in [7, 11) is 0. The minimum atomic E-state index is -0.332. The maximum atomic E-state index is 10.1. The highest BCUT2D eigenvalue weighted by Gasteiger charge is 2.54. The molecule has 0 amide bonds. The van der Waals surface area contributed by atoms with Crippen LogP contribution in [0.2, 0.25) is 0 Å². The highest BCUT2D eigenvalue weighted by atomic mass is 79.9. The molecule has 0 aromatic carbocycles. The van der Waals surface area contributed by atoms with Crippen molar-refractivity contribution in [2.24, 2.45) is 10.8 Å². The Kier molecular flexibility index (Phi) is 3.16. The molecule has 1 spiro atoms. The van der Waals surface area contributed by atoms with Gasteiger partial charge in [-0.15, -0.1) is 0 Å². The zero-order chi connectivity index (χ0) is 12.8. The second-order valence-electron chi connectivity index (χ2n) is 5.96. The van der Waals surface area contributed by atoms with Gasteiger partial charge in [0.2, 0.25) is 0 Å². The summed E-state index contributed by atoms with van der Waals surface area (Å²) in [5, 5.41) is 10.1. The van der Waals surface area contributed by atoms with Crippen molar-refractivity contribution >= 4 is 15.9 Å². The van der Waals surface area contributed by atoms with Crippen LogP contribution in [-0.4, -0.2) is 16.0 Å². The van der Waals surface area contributed by atoms with Gasteiger partial charge in [0, 0.05) is 10.2 Å². The van der Waals surface area contributed by atoms with E-state index in [0.717, 1.165) is 18.4 Å². The van der Waals surface area contributed by atoms with E-state index < -0.39 is 0 Å². The van der Waals surface area contributed by atoms with Gasteiger partial charge in [-0.25, -0.2) is 0 Å². The first-order valence-electron chi connectivity index (χ1n) is 6.19. The fourth-order valence-corrected chi connectivity index (χ4v) is 3.93. The van der Waals surface area contributed by atoms with E-state index in [4.69, 9.17) is 0 Å². The number of aliphatic hydroxyl groups excluding tert-OH is 1. The van der Waals surface area contributed by atoms with Gasteiger partial charge >= 0.3 is 0 Å². The molecular formula is C15H21BrO. The SMILES string of the molecule is C=C1C=CC2(CC1)C(=C)CC(O)C(Br)C2(C)C. The molecule has 0 aromatic rings. The Hall–Kier alpha value is -0.340. The molecule has 0 saturated heterocycles. The molecule has 0 heterocycles. The monoisotopic (exact) mass is 296 g/mol. The maximum absolute atomic E-state index is 10.1. The average molecular weight is 297 g/mol. The third-order valence-electron chi connectivity index (χ3n) is 4.71. The third-order valence-corrected chi connectivity index (χ3v) is 6.46. The van der Waals surface area contributed by atoms with E-state index in [2.05, 4.69) is 55.1 Å². The molecule has 0 aromatic heterocycles. The first-order chi connectivity index (χ1) is 7.81. The Balaban J connectivity index is 2.47. The van der Waals surface area contributed by atoms with Crippen molar-refractivity contribution in [3.05, 3.63) is 36.5 Å². The predicted octanol–water partition coefficient (Wildman–Crippen LogP) is 3.99. The van der Waals surface area contributed by atoms with Crippen molar-refractivity contribution in [3.63, 3.8) is 0 Å². The second kappa shape index (κ2) is 4.10. The molecule has 0 aliphatic heterocycles. The van der Waals surface area contributed by atoms with E-state index in [0.29, 0.717) is 6.42 Å². The first-order valence-corrected chi connectivity index (χ1v) is 7.10. The lowest BCUT2D eigenvalue weighted by Crippen LogP contribution is -2.53. The number of hydrogen-bond donors (Lipinski definition) is 1. The van der Waals surface area contributed by atoms with Gasteiger partial charge in [0.25, 0.3) is 0 Å². The van der Waals surface area contributed by atoms with Crippen LogP contribution in [0.25, 0.3) is 0 Å². The summed E-state index contributed by atoms with van der Waals surface area (Å²) in [6.45, 7) is 12.7. The number of hydrogen-bond acceptors (Lipinski definition) is 1. The van der Waals surface area contributed by atoms with Gasteiger partial charge in [-0.1, -0.05) is 66.2 Å². The smallest absolute Gasteiger partial charge is 0.0708 e. The molecule has 2 heteroatoms. The van der Waals surface area contributed by atoms with Crippen molar-refractivity contribution in [2.45, 2.75) is 44.0 Å². The van der Waals surface area contributed by atoms with Gasteiger partial charge in [-0.05, 0) is 24.7 Å². The molecule has 1 saturated carbocycles. The molecular weight excluding hydrogens is 276 g/mol. The molecule has 3 unspecified atom stereocenters. The zero-order valence-corrected chi connectivity index (χ0v) is 12.3. The van der Waals surface area contributed by atoms with Crippen LogP contribution in [0, 0.1) is 10.8 Å².